The molecule has 3 rings (SSSR count). The van der Waals surface area contributed by atoms with Crippen LogP contribution < -0.4 is 11.3 Å². The normalized spacial score (nSPS) is 18.6. The van der Waals surface area contributed by atoms with Crippen molar-refractivity contribution in [1.29, 1.82) is 0 Å². The summed E-state index contributed by atoms with van der Waals surface area (Å²) in [4.78, 5) is 4.55. The van der Waals surface area contributed by atoms with Crippen LogP contribution in [0.25, 0.3) is 10.9 Å². The summed E-state index contributed by atoms with van der Waals surface area (Å²) in [6.45, 7) is 0. The molecule has 0 bridgehead atoms. The standard InChI is InChI=1S/C16H21N3/c17-19-16(13-6-2-1-3-7-13)14-10-4-8-12-9-5-11-18-15(12)14/h4-5,8-11,13,16,19H,1-3,6-7,17H2. The highest BCUT2D eigenvalue weighted by Crippen LogP contribution is 2.36. The highest BCUT2D eigenvalue weighted by Gasteiger charge is 2.25. The van der Waals surface area contributed by atoms with Gasteiger partial charge in [-0.2, -0.15) is 0 Å². The number of rotatable bonds is 3. The predicted octanol–water partition coefficient (Wildman–Crippen LogP) is 3.32. The molecule has 1 heterocycles. The van der Waals surface area contributed by atoms with Crippen LogP contribution >= 0.6 is 0 Å². The summed E-state index contributed by atoms with van der Waals surface area (Å²) in [6, 6.07) is 10.7. The molecule has 1 atom stereocenters. The van der Waals surface area contributed by atoms with E-state index in [4.69, 9.17) is 5.84 Å². The summed E-state index contributed by atoms with van der Waals surface area (Å²) in [5.74, 6) is 6.48. The molecular formula is C16H21N3. The lowest BCUT2D eigenvalue weighted by atomic mass is 9.81. The molecule has 0 aliphatic heterocycles. The van der Waals surface area contributed by atoms with Crippen LogP contribution in [-0.2, 0) is 0 Å². The summed E-state index contributed by atoms with van der Waals surface area (Å²) < 4.78 is 0. The number of para-hydroxylation sites is 1. The van der Waals surface area contributed by atoms with Crippen LogP contribution in [0.15, 0.2) is 36.5 Å². The quantitative estimate of drug-likeness (QED) is 0.653. The van der Waals surface area contributed by atoms with E-state index in [1.165, 1.54) is 43.1 Å². The van der Waals surface area contributed by atoms with Crippen LogP contribution in [0.2, 0.25) is 0 Å². The fourth-order valence-corrected chi connectivity index (χ4v) is 3.33. The van der Waals surface area contributed by atoms with Gasteiger partial charge in [-0.1, -0.05) is 43.5 Å². The molecule has 1 fully saturated rings. The van der Waals surface area contributed by atoms with Crippen LogP contribution in [0.1, 0.15) is 43.7 Å². The molecule has 0 saturated heterocycles. The van der Waals surface area contributed by atoms with Crippen molar-refractivity contribution >= 4 is 10.9 Å². The Kier molecular flexibility index (Phi) is 3.76. The number of pyridine rings is 1. The molecule has 1 aromatic heterocycles. The van der Waals surface area contributed by atoms with Gasteiger partial charge in [-0.15, -0.1) is 0 Å². The van der Waals surface area contributed by atoms with E-state index in [0.29, 0.717) is 5.92 Å². The number of nitrogens with two attached hydrogens (primary N) is 1. The maximum absolute atomic E-state index is 5.85. The summed E-state index contributed by atoms with van der Waals surface area (Å²) in [5.41, 5.74) is 5.37. The molecule has 0 spiro atoms. The zero-order chi connectivity index (χ0) is 13.1. The number of nitrogens with one attached hydrogen (secondary N) is 1. The van der Waals surface area contributed by atoms with E-state index in [2.05, 4.69) is 34.7 Å². The number of hydrogen-bond acceptors (Lipinski definition) is 3. The van der Waals surface area contributed by atoms with Crippen LogP contribution in [0.4, 0.5) is 0 Å². The number of hydrazine groups is 1. The van der Waals surface area contributed by atoms with E-state index in [1.54, 1.807) is 0 Å². The Morgan fingerprint density at radius 1 is 1.11 bits per heavy atom. The van der Waals surface area contributed by atoms with Gasteiger partial charge in [0.15, 0.2) is 0 Å². The first-order chi connectivity index (χ1) is 9.40. The average molecular weight is 255 g/mol. The molecule has 3 nitrogen and oxygen atoms in total. The minimum Gasteiger partial charge on any atom is -0.271 e. The Morgan fingerprint density at radius 3 is 2.68 bits per heavy atom. The Hall–Kier alpha value is -1.45. The molecule has 3 N–H and O–H groups in total. The molecule has 1 aliphatic rings. The van der Waals surface area contributed by atoms with Crippen molar-refractivity contribution in [1.82, 2.24) is 10.4 Å². The second-order valence-electron chi connectivity index (χ2n) is 5.46. The van der Waals surface area contributed by atoms with E-state index in [9.17, 15) is 0 Å². The molecule has 1 aromatic carbocycles. The summed E-state index contributed by atoms with van der Waals surface area (Å²) in [7, 11) is 0. The van der Waals surface area contributed by atoms with Crippen molar-refractivity contribution in [2.45, 2.75) is 38.1 Å². The third-order valence-corrected chi connectivity index (χ3v) is 4.30. The second kappa shape index (κ2) is 5.68. The smallest absolute Gasteiger partial charge is 0.0750 e. The Morgan fingerprint density at radius 2 is 1.89 bits per heavy atom. The zero-order valence-corrected chi connectivity index (χ0v) is 11.2. The number of aromatic nitrogens is 1. The van der Waals surface area contributed by atoms with Gasteiger partial charge >= 0.3 is 0 Å². The number of fused-ring (bicyclic) bond motifs is 1. The van der Waals surface area contributed by atoms with Crippen molar-refractivity contribution in [3.8, 4) is 0 Å². The van der Waals surface area contributed by atoms with Crippen molar-refractivity contribution in [3.05, 3.63) is 42.1 Å². The Labute approximate surface area is 114 Å². The molecule has 2 aromatic rings. The van der Waals surface area contributed by atoms with Crippen molar-refractivity contribution in [2.24, 2.45) is 11.8 Å². The van der Waals surface area contributed by atoms with E-state index >= 15 is 0 Å². The molecule has 1 saturated carbocycles. The molecule has 1 unspecified atom stereocenters. The van der Waals surface area contributed by atoms with Gasteiger partial charge < -0.3 is 0 Å². The van der Waals surface area contributed by atoms with E-state index in [1.807, 2.05) is 12.3 Å². The van der Waals surface area contributed by atoms with Gasteiger partial charge in [-0.05, 0) is 30.4 Å². The van der Waals surface area contributed by atoms with Gasteiger partial charge in [0, 0.05) is 11.6 Å². The maximum atomic E-state index is 5.85. The average Bonchev–Trinajstić information content (AvgIpc) is 2.49. The largest absolute Gasteiger partial charge is 0.271 e. The van der Waals surface area contributed by atoms with Crippen molar-refractivity contribution in [2.75, 3.05) is 0 Å². The van der Waals surface area contributed by atoms with Gasteiger partial charge in [-0.3, -0.25) is 16.3 Å². The SMILES string of the molecule is NNC(c1cccc2cccnc12)C1CCCCC1. The van der Waals surface area contributed by atoms with Gasteiger partial charge in [-0.25, -0.2) is 0 Å². The highest BCUT2D eigenvalue weighted by atomic mass is 15.2. The zero-order valence-electron chi connectivity index (χ0n) is 11.2. The monoisotopic (exact) mass is 255 g/mol. The lowest BCUT2D eigenvalue weighted by Crippen LogP contribution is -2.34. The van der Waals surface area contributed by atoms with E-state index in [-0.39, 0.29) is 6.04 Å². The minimum atomic E-state index is 0.221. The fourth-order valence-electron chi connectivity index (χ4n) is 3.33. The van der Waals surface area contributed by atoms with E-state index in [0.717, 1.165) is 5.52 Å². The van der Waals surface area contributed by atoms with Gasteiger partial charge in [0.1, 0.15) is 0 Å². The fraction of sp³-hybridized carbons (Fsp3) is 0.438. The van der Waals surface area contributed by atoms with Crippen LogP contribution in [-0.4, -0.2) is 4.98 Å². The van der Waals surface area contributed by atoms with Crippen LogP contribution in [0.3, 0.4) is 0 Å². The topological polar surface area (TPSA) is 50.9 Å². The lowest BCUT2D eigenvalue weighted by molar-refractivity contribution is 0.274. The first kappa shape index (κ1) is 12.6. The Balaban J connectivity index is 2.00. The summed E-state index contributed by atoms with van der Waals surface area (Å²) in [5, 5.41) is 1.19. The summed E-state index contributed by atoms with van der Waals surface area (Å²) >= 11 is 0. The first-order valence-electron chi connectivity index (χ1n) is 7.20. The minimum absolute atomic E-state index is 0.221. The maximum Gasteiger partial charge on any atom is 0.0750 e. The Bertz CT molecular complexity index is 541. The number of benzene rings is 1. The van der Waals surface area contributed by atoms with Crippen LogP contribution in [0, 0.1) is 5.92 Å². The molecular weight excluding hydrogens is 234 g/mol. The molecule has 0 radical (unpaired) electrons. The van der Waals surface area contributed by atoms with Crippen molar-refractivity contribution < 1.29 is 0 Å². The van der Waals surface area contributed by atoms with Gasteiger partial charge in [0.2, 0.25) is 0 Å². The first-order valence-corrected chi connectivity index (χ1v) is 7.20. The molecule has 19 heavy (non-hydrogen) atoms. The van der Waals surface area contributed by atoms with Gasteiger partial charge in [0.25, 0.3) is 0 Å². The molecule has 0 amide bonds. The molecule has 1 aliphatic carbocycles. The highest BCUT2D eigenvalue weighted by molar-refractivity contribution is 5.82. The number of nitrogens with zero attached hydrogens (tertiary/aromatic N) is 1. The molecule has 3 heteroatoms. The van der Waals surface area contributed by atoms with Crippen LogP contribution in [0.5, 0.6) is 0 Å². The number of hydrogen-bond donors (Lipinski definition) is 2. The third kappa shape index (κ3) is 2.48. The molecule has 100 valence electrons. The third-order valence-electron chi connectivity index (χ3n) is 4.30. The summed E-state index contributed by atoms with van der Waals surface area (Å²) in [6.07, 6.45) is 8.39. The van der Waals surface area contributed by atoms with E-state index < -0.39 is 0 Å². The second-order valence-corrected chi connectivity index (χ2v) is 5.46. The predicted molar refractivity (Wildman–Crippen MR) is 78.4 cm³/mol. The van der Waals surface area contributed by atoms with Gasteiger partial charge in [0.05, 0.1) is 11.6 Å². The lowest BCUT2D eigenvalue weighted by Gasteiger charge is -2.30. The van der Waals surface area contributed by atoms with Crippen molar-refractivity contribution in [3.63, 3.8) is 0 Å².